The quantitative estimate of drug-likeness (QED) is 0.338. The molecule has 1 fully saturated rings. The third-order valence-electron chi connectivity index (χ3n) is 5.39. The molecule has 0 aliphatic heterocycles. The van der Waals surface area contributed by atoms with Crippen molar-refractivity contribution in [3.63, 3.8) is 0 Å². The second kappa shape index (κ2) is 7.66. The van der Waals surface area contributed by atoms with Crippen LogP contribution in [-0.4, -0.2) is 21.2 Å². The van der Waals surface area contributed by atoms with Crippen molar-refractivity contribution in [1.82, 2.24) is 4.57 Å². The summed E-state index contributed by atoms with van der Waals surface area (Å²) in [7, 11) is 0. The Morgan fingerprint density at radius 2 is 1.79 bits per heavy atom. The minimum atomic E-state index is -0.385. The van der Waals surface area contributed by atoms with Crippen molar-refractivity contribution in [1.29, 1.82) is 0 Å². The molecule has 1 aliphatic rings. The third kappa shape index (κ3) is 3.70. The predicted octanol–water partition coefficient (Wildman–Crippen LogP) is 4.79. The number of aromatic nitrogens is 1. The first-order valence-electron chi connectivity index (χ1n) is 9.79. The monoisotopic (exact) mass is 401 g/mol. The average Bonchev–Trinajstić information content (AvgIpc) is 2.90. The Kier molecular flexibility index (Phi) is 5.62. The van der Waals surface area contributed by atoms with E-state index in [1.807, 2.05) is 20.8 Å². The number of carbonyl (C=O) groups is 2. The Labute approximate surface area is 168 Å². The molecule has 2 aromatic rings. The van der Waals surface area contributed by atoms with E-state index in [1.54, 1.807) is 16.7 Å². The lowest BCUT2D eigenvalue weighted by atomic mass is 9.73. The summed E-state index contributed by atoms with van der Waals surface area (Å²) in [6.45, 7) is 8.34. The molecule has 1 aromatic carbocycles. The van der Waals surface area contributed by atoms with Gasteiger partial charge in [-0.15, -0.1) is 0 Å². The van der Waals surface area contributed by atoms with Crippen molar-refractivity contribution in [2.45, 2.75) is 66.3 Å². The molecular weight excluding hydrogens is 374 g/mol. The Balaban J connectivity index is 2.12. The number of unbranched alkanes of at least 4 members (excludes halogenated alkanes) is 2. The molecule has 1 aromatic heterocycles. The smallest absolute Gasteiger partial charge is 0.308 e. The molecule has 0 amide bonds. The largest absolute Gasteiger partial charge is 0.506 e. The summed E-state index contributed by atoms with van der Waals surface area (Å²) in [5.74, 6) is -0.892. The maximum Gasteiger partial charge on any atom is 0.308 e. The summed E-state index contributed by atoms with van der Waals surface area (Å²) in [6, 6.07) is 3.49. The Morgan fingerprint density at radius 1 is 1.14 bits per heavy atom. The molecule has 0 radical (unpaired) electrons. The molecule has 1 N–H and O–H groups in total. The van der Waals surface area contributed by atoms with E-state index in [0.29, 0.717) is 12.1 Å². The number of fused-ring (bicyclic) bond motifs is 1. The fourth-order valence-electron chi connectivity index (χ4n) is 3.98. The molecular formula is C22H27NO4S. The zero-order valence-electron chi connectivity index (χ0n) is 16.9. The van der Waals surface area contributed by atoms with Crippen LogP contribution >= 0.6 is 11.3 Å². The van der Waals surface area contributed by atoms with Crippen molar-refractivity contribution in [2.75, 3.05) is 0 Å². The maximum absolute atomic E-state index is 12.6. The number of aliphatic hydroxyl groups excluding tert-OH is 1. The van der Waals surface area contributed by atoms with Gasteiger partial charge in [-0.3, -0.25) is 19.0 Å². The number of nitrogens with zero attached hydrogens (tertiary/aromatic N) is 1. The third-order valence-corrected chi connectivity index (χ3v) is 6.34. The van der Waals surface area contributed by atoms with Crippen LogP contribution in [0, 0.1) is 12.3 Å². The van der Waals surface area contributed by atoms with Gasteiger partial charge in [-0.2, -0.15) is 0 Å². The van der Waals surface area contributed by atoms with Gasteiger partial charge in [0.25, 0.3) is 0 Å². The van der Waals surface area contributed by atoms with Crippen molar-refractivity contribution >= 4 is 38.9 Å². The lowest BCUT2D eigenvalue weighted by Crippen LogP contribution is -2.32. The summed E-state index contributed by atoms with van der Waals surface area (Å²) >= 11 is 1.18. The van der Waals surface area contributed by atoms with Gasteiger partial charge in [0, 0.05) is 24.9 Å². The van der Waals surface area contributed by atoms with Crippen LogP contribution in [0.4, 0.5) is 0 Å². The van der Waals surface area contributed by atoms with E-state index in [0.717, 1.165) is 35.0 Å². The second-order valence-electron chi connectivity index (χ2n) is 8.40. The molecule has 1 saturated carbocycles. The van der Waals surface area contributed by atoms with Gasteiger partial charge < -0.3 is 5.11 Å². The SMILES string of the molecule is CCCCCn1c(=O)sc2ccc(C(O)=C3C(=O)CC(C)(C)CC3=O)c(C)c21. The molecule has 28 heavy (non-hydrogen) atoms. The van der Waals surface area contributed by atoms with Crippen LogP contribution in [0.2, 0.25) is 0 Å². The molecule has 0 saturated heterocycles. The van der Waals surface area contributed by atoms with Crippen molar-refractivity contribution in [3.8, 4) is 0 Å². The first-order chi connectivity index (χ1) is 13.2. The van der Waals surface area contributed by atoms with Gasteiger partial charge in [-0.1, -0.05) is 44.9 Å². The number of carbonyl (C=O) groups excluding carboxylic acids is 2. The van der Waals surface area contributed by atoms with Crippen LogP contribution in [0.3, 0.4) is 0 Å². The van der Waals surface area contributed by atoms with Gasteiger partial charge in [0.2, 0.25) is 0 Å². The first kappa shape index (κ1) is 20.5. The number of rotatable bonds is 5. The van der Waals surface area contributed by atoms with Gasteiger partial charge in [0.05, 0.1) is 10.2 Å². The van der Waals surface area contributed by atoms with Crippen LogP contribution in [0.5, 0.6) is 0 Å². The Hall–Kier alpha value is -2.21. The number of aliphatic hydroxyl groups is 1. The van der Waals surface area contributed by atoms with E-state index in [2.05, 4.69) is 6.92 Å². The number of hydrogen-bond acceptors (Lipinski definition) is 5. The zero-order chi connectivity index (χ0) is 20.6. The number of Topliss-reactive ketones (excluding diaryl/α,β-unsaturated/α-hetero) is 2. The van der Waals surface area contributed by atoms with Gasteiger partial charge in [-0.25, -0.2) is 0 Å². The highest BCUT2D eigenvalue weighted by molar-refractivity contribution is 7.16. The second-order valence-corrected chi connectivity index (χ2v) is 9.39. The number of aryl methyl sites for hydroxylation is 2. The van der Waals surface area contributed by atoms with Gasteiger partial charge in [0.1, 0.15) is 11.3 Å². The van der Waals surface area contributed by atoms with Crippen LogP contribution < -0.4 is 4.87 Å². The molecule has 1 aliphatic carbocycles. The normalized spacial score (nSPS) is 16.8. The van der Waals surface area contributed by atoms with Crippen LogP contribution in [-0.2, 0) is 16.1 Å². The topological polar surface area (TPSA) is 76.4 Å². The first-order valence-corrected chi connectivity index (χ1v) is 10.6. The minimum absolute atomic E-state index is 0.0231. The van der Waals surface area contributed by atoms with Crippen LogP contribution in [0.15, 0.2) is 22.5 Å². The number of hydrogen-bond donors (Lipinski definition) is 1. The van der Waals surface area contributed by atoms with E-state index >= 15 is 0 Å². The molecule has 3 rings (SSSR count). The van der Waals surface area contributed by atoms with E-state index < -0.39 is 0 Å². The number of allylic oxidation sites excluding steroid dienone is 1. The van der Waals surface area contributed by atoms with Crippen LogP contribution in [0.25, 0.3) is 16.0 Å². The molecule has 150 valence electrons. The molecule has 0 spiro atoms. The van der Waals surface area contributed by atoms with Gasteiger partial charge in [-0.05, 0) is 36.5 Å². The summed E-state index contributed by atoms with van der Waals surface area (Å²) < 4.78 is 2.60. The minimum Gasteiger partial charge on any atom is -0.506 e. The molecule has 1 heterocycles. The van der Waals surface area contributed by atoms with Gasteiger partial charge >= 0.3 is 4.87 Å². The summed E-state index contributed by atoms with van der Waals surface area (Å²) in [5.41, 5.74) is 1.47. The maximum atomic E-state index is 12.6. The highest BCUT2D eigenvalue weighted by atomic mass is 32.1. The molecule has 6 heteroatoms. The summed E-state index contributed by atoms with van der Waals surface area (Å²) in [5, 5.41) is 10.9. The van der Waals surface area contributed by atoms with Gasteiger partial charge in [0.15, 0.2) is 11.6 Å². The number of ketones is 2. The van der Waals surface area contributed by atoms with E-state index in [-0.39, 0.29) is 46.0 Å². The average molecular weight is 402 g/mol. The Bertz CT molecular complexity index is 1020. The fourth-order valence-corrected chi connectivity index (χ4v) is 4.95. The van der Waals surface area contributed by atoms with E-state index in [9.17, 15) is 19.5 Å². The zero-order valence-corrected chi connectivity index (χ0v) is 17.7. The standard InChI is InChI=1S/C22H27NO4S/c1-5-6-7-10-23-19-13(2)14(8-9-17(19)28-21(23)27)20(26)18-15(24)11-22(3,4)12-16(18)25/h8-9,26H,5-7,10-12H2,1-4H3. The highest BCUT2D eigenvalue weighted by Crippen LogP contribution is 2.37. The molecule has 0 atom stereocenters. The summed E-state index contributed by atoms with van der Waals surface area (Å²) in [4.78, 5) is 37.5. The lowest BCUT2D eigenvalue weighted by Gasteiger charge is -2.29. The van der Waals surface area contributed by atoms with Crippen molar-refractivity contribution < 1.29 is 14.7 Å². The van der Waals surface area contributed by atoms with Crippen LogP contribution in [0.1, 0.15) is 64.0 Å². The molecule has 0 unspecified atom stereocenters. The van der Waals surface area contributed by atoms with Crippen molar-refractivity contribution in [3.05, 3.63) is 38.5 Å². The highest BCUT2D eigenvalue weighted by Gasteiger charge is 2.38. The predicted molar refractivity (Wildman–Crippen MR) is 113 cm³/mol. The molecule has 0 bridgehead atoms. The van der Waals surface area contributed by atoms with E-state index in [1.165, 1.54) is 11.3 Å². The van der Waals surface area contributed by atoms with Crippen molar-refractivity contribution in [2.24, 2.45) is 5.41 Å². The lowest BCUT2D eigenvalue weighted by molar-refractivity contribution is -0.127. The Morgan fingerprint density at radius 3 is 2.39 bits per heavy atom. The fraction of sp³-hybridized carbons (Fsp3) is 0.500. The number of thiazole rings is 1. The number of benzene rings is 1. The summed E-state index contributed by atoms with van der Waals surface area (Å²) in [6.07, 6.45) is 3.48. The van der Waals surface area contributed by atoms with E-state index in [4.69, 9.17) is 0 Å². The molecule has 5 nitrogen and oxygen atoms in total.